The molecule has 1 aliphatic heterocycles. The van der Waals surface area contributed by atoms with Crippen LogP contribution in [0.5, 0.6) is 0 Å². The average Bonchev–Trinajstić information content (AvgIpc) is 3.53. The smallest absolute Gasteiger partial charge is 0.259 e. The van der Waals surface area contributed by atoms with Crippen LogP contribution < -0.4 is 20.3 Å². The van der Waals surface area contributed by atoms with Crippen molar-refractivity contribution in [3.05, 3.63) is 47.7 Å². The van der Waals surface area contributed by atoms with E-state index in [2.05, 4.69) is 35.3 Å². The van der Waals surface area contributed by atoms with Gasteiger partial charge in [-0.15, -0.1) is 0 Å². The van der Waals surface area contributed by atoms with Gasteiger partial charge in [-0.1, -0.05) is 0 Å². The van der Waals surface area contributed by atoms with Gasteiger partial charge in [0.2, 0.25) is 10.0 Å². The molecule has 4 aromatic rings. The Hall–Kier alpha value is -3.55. The third kappa shape index (κ3) is 4.76. The van der Waals surface area contributed by atoms with Gasteiger partial charge in [0.1, 0.15) is 5.52 Å². The number of carbonyl (C=O) groups excluding carboxylic acids is 1. The number of rotatable bonds is 7. The van der Waals surface area contributed by atoms with Crippen LogP contribution in [0.2, 0.25) is 0 Å². The van der Waals surface area contributed by atoms with Crippen LogP contribution >= 0.6 is 0 Å². The number of aromatic nitrogens is 5. The predicted octanol–water partition coefficient (Wildman–Crippen LogP) is 1.02. The molecule has 0 radical (unpaired) electrons. The number of sulfonamides is 1. The number of hydrogen-bond donors (Lipinski definition) is 3. The van der Waals surface area contributed by atoms with Gasteiger partial charge in [0, 0.05) is 49.6 Å². The summed E-state index contributed by atoms with van der Waals surface area (Å²) < 4.78 is 29.0. The molecular weight excluding hydrogens is 482 g/mol. The van der Waals surface area contributed by atoms with Crippen LogP contribution in [0.15, 0.2) is 30.7 Å². The Labute approximate surface area is 208 Å². The van der Waals surface area contributed by atoms with Crippen molar-refractivity contribution in [1.29, 1.82) is 0 Å². The van der Waals surface area contributed by atoms with Gasteiger partial charge in [0.15, 0.2) is 11.5 Å². The highest BCUT2D eigenvalue weighted by molar-refractivity contribution is 7.88. The van der Waals surface area contributed by atoms with Crippen molar-refractivity contribution in [2.24, 2.45) is 7.05 Å². The molecule has 13 heteroatoms. The molecule has 0 saturated carbocycles. The molecule has 0 aliphatic carbocycles. The quantitative estimate of drug-likeness (QED) is 0.334. The lowest BCUT2D eigenvalue weighted by atomic mass is 10.1. The van der Waals surface area contributed by atoms with E-state index in [1.54, 1.807) is 34.5 Å². The highest BCUT2D eigenvalue weighted by atomic mass is 32.2. The van der Waals surface area contributed by atoms with E-state index in [4.69, 9.17) is 0 Å². The summed E-state index contributed by atoms with van der Waals surface area (Å²) in [6.45, 7) is 3.64. The van der Waals surface area contributed by atoms with Gasteiger partial charge in [-0.05, 0) is 32.5 Å². The second-order valence-corrected chi connectivity index (χ2v) is 11.0. The molecular formula is C23H29N9O3S. The van der Waals surface area contributed by atoms with Crippen molar-refractivity contribution in [3.63, 3.8) is 0 Å². The first kappa shape index (κ1) is 24.2. The fourth-order valence-electron chi connectivity index (χ4n) is 4.64. The molecule has 1 aliphatic rings. The maximum Gasteiger partial charge on any atom is 0.259 e. The number of fused-ring (bicyclic) bond motifs is 2. The number of nitrogens with one attached hydrogen (secondary N) is 3. The van der Waals surface area contributed by atoms with Gasteiger partial charge >= 0.3 is 0 Å². The van der Waals surface area contributed by atoms with E-state index < -0.39 is 10.0 Å². The Morgan fingerprint density at radius 2 is 2.00 bits per heavy atom. The molecule has 1 unspecified atom stereocenters. The molecule has 1 saturated heterocycles. The Kier molecular flexibility index (Phi) is 6.14. The van der Waals surface area contributed by atoms with Crippen molar-refractivity contribution in [2.75, 3.05) is 36.6 Å². The fourth-order valence-corrected chi connectivity index (χ4v) is 5.04. The number of hydrogen-bond acceptors (Lipinski definition) is 8. The highest BCUT2D eigenvalue weighted by Crippen LogP contribution is 2.31. The number of imidazole rings is 1. The minimum atomic E-state index is -3.40. The van der Waals surface area contributed by atoms with E-state index in [0.717, 1.165) is 36.8 Å². The zero-order chi connectivity index (χ0) is 25.6. The molecule has 190 valence electrons. The highest BCUT2D eigenvalue weighted by Gasteiger charge is 2.25. The van der Waals surface area contributed by atoms with Crippen LogP contribution in [-0.4, -0.2) is 70.9 Å². The van der Waals surface area contributed by atoms with Crippen molar-refractivity contribution in [1.82, 2.24) is 34.2 Å². The summed E-state index contributed by atoms with van der Waals surface area (Å²) >= 11 is 0. The molecule has 1 fully saturated rings. The molecule has 1 atom stereocenters. The molecule has 36 heavy (non-hydrogen) atoms. The predicted molar refractivity (Wildman–Crippen MR) is 138 cm³/mol. The zero-order valence-electron chi connectivity index (χ0n) is 20.6. The summed E-state index contributed by atoms with van der Waals surface area (Å²) in [4.78, 5) is 24.5. The van der Waals surface area contributed by atoms with Gasteiger partial charge in [0.05, 0.1) is 35.9 Å². The molecule has 1 amide bonds. The lowest BCUT2D eigenvalue weighted by Gasteiger charge is -2.20. The maximum absolute atomic E-state index is 13.3. The molecule has 1 aromatic carbocycles. The van der Waals surface area contributed by atoms with Crippen LogP contribution in [0.4, 0.5) is 11.5 Å². The number of carbonyl (C=O) groups is 1. The standard InChI is InChI=1S/C23H29N9O3S/c1-14-10-32-13-20(27-22(32)18(26-14)9-25-36(4,34)35)28-23(33)16-5-6-19(17-12-30(3)29-21(16)17)31-8-7-15(11-31)24-2/h5-6,10,12-13,15,24-25H,7-9,11H2,1-4H3,(H,28,33). The van der Waals surface area contributed by atoms with Crippen molar-refractivity contribution < 1.29 is 13.2 Å². The van der Waals surface area contributed by atoms with E-state index in [-0.39, 0.29) is 12.5 Å². The van der Waals surface area contributed by atoms with Crippen LogP contribution in [0.25, 0.3) is 16.6 Å². The number of nitrogens with zero attached hydrogens (tertiary/aromatic N) is 6. The summed E-state index contributed by atoms with van der Waals surface area (Å²) in [7, 11) is 0.420. The van der Waals surface area contributed by atoms with Gasteiger partial charge in [0.25, 0.3) is 5.91 Å². The lowest BCUT2D eigenvalue weighted by molar-refractivity contribution is 0.102. The van der Waals surface area contributed by atoms with Gasteiger partial charge < -0.3 is 19.9 Å². The van der Waals surface area contributed by atoms with Crippen molar-refractivity contribution >= 4 is 44.0 Å². The maximum atomic E-state index is 13.3. The summed E-state index contributed by atoms with van der Waals surface area (Å²) in [6, 6.07) is 4.21. The first-order valence-corrected chi connectivity index (χ1v) is 13.5. The lowest BCUT2D eigenvalue weighted by Crippen LogP contribution is -2.29. The Bertz CT molecular complexity index is 1570. The largest absolute Gasteiger partial charge is 0.369 e. The van der Waals surface area contributed by atoms with Gasteiger partial charge in [-0.25, -0.2) is 18.1 Å². The van der Waals surface area contributed by atoms with Crippen LogP contribution in [0, 0.1) is 6.92 Å². The van der Waals surface area contributed by atoms with E-state index >= 15 is 0 Å². The topological polar surface area (TPSA) is 139 Å². The fraction of sp³-hybridized carbons (Fsp3) is 0.391. The van der Waals surface area contributed by atoms with E-state index in [1.807, 2.05) is 26.4 Å². The van der Waals surface area contributed by atoms with Gasteiger partial charge in [-0.3, -0.25) is 14.5 Å². The normalized spacial score (nSPS) is 16.3. The molecule has 3 N–H and O–H groups in total. The molecule has 4 heterocycles. The minimum absolute atomic E-state index is 0.00462. The van der Waals surface area contributed by atoms with Gasteiger partial charge in [-0.2, -0.15) is 5.10 Å². The number of likely N-dealkylation sites (N-methyl/N-ethyl adjacent to an activating group) is 1. The average molecular weight is 512 g/mol. The van der Waals surface area contributed by atoms with Crippen molar-refractivity contribution in [3.8, 4) is 0 Å². The van der Waals surface area contributed by atoms with Crippen LogP contribution in [-0.2, 0) is 23.6 Å². The molecule has 0 spiro atoms. The van der Waals surface area contributed by atoms with E-state index in [9.17, 15) is 13.2 Å². The summed E-state index contributed by atoms with van der Waals surface area (Å²) in [6.07, 6.45) is 7.53. The third-order valence-electron chi connectivity index (χ3n) is 6.32. The second-order valence-electron chi connectivity index (χ2n) is 9.15. The number of amides is 1. The first-order valence-electron chi connectivity index (χ1n) is 11.6. The number of aryl methyl sites for hydroxylation is 2. The Balaban J connectivity index is 1.44. The molecule has 0 bridgehead atoms. The third-order valence-corrected chi connectivity index (χ3v) is 6.99. The summed E-state index contributed by atoms with van der Waals surface area (Å²) in [5.74, 6) is 0.00115. The van der Waals surface area contributed by atoms with E-state index in [0.29, 0.717) is 40.0 Å². The second kappa shape index (κ2) is 9.15. The van der Waals surface area contributed by atoms with Crippen LogP contribution in [0.1, 0.15) is 28.2 Å². The first-order chi connectivity index (χ1) is 17.1. The van der Waals surface area contributed by atoms with E-state index in [1.165, 1.54) is 0 Å². The number of benzene rings is 1. The molecule has 5 rings (SSSR count). The zero-order valence-corrected chi connectivity index (χ0v) is 21.4. The SMILES string of the molecule is CNC1CCN(c2ccc(C(=O)Nc3cn4cc(C)nc(CNS(C)(=O)=O)c4n3)c3nn(C)cc23)C1. The molecule has 3 aromatic heterocycles. The van der Waals surface area contributed by atoms with Crippen LogP contribution in [0.3, 0.4) is 0 Å². The summed E-state index contributed by atoms with van der Waals surface area (Å²) in [5, 5.41) is 11.7. The summed E-state index contributed by atoms with van der Waals surface area (Å²) in [5.41, 5.74) is 3.74. The minimum Gasteiger partial charge on any atom is -0.369 e. The molecule has 12 nitrogen and oxygen atoms in total. The monoisotopic (exact) mass is 511 g/mol. The Morgan fingerprint density at radius 3 is 2.72 bits per heavy atom. The van der Waals surface area contributed by atoms with Crippen molar-refractivity contribution in [2.45, 2.75) is 25.9 Å². The number of anilines is 2. The Morgan fingerprint density at radius 1 is 1.19 bits per heavy atom.